The maximum atomic E-state index is 12.1. The van der Waals surface area contributed by atoms with Crippen molar-refractivity contribution in [3.8, 4) is 0 Å². The van der Waals surface area contributed by atoms with Crippen LogP contribution in [0.3, 0.4) is 0 Å². The molecule has 0 fully saturated rings. The minimum Gasteiger partial charge on any atom is -0.478 e. The Kier molecular flexibility index (Phi) is 4.36. The third-order valence-corrected chi connectivity index (χ3v) is 3.19. The zero-order valence-electron chi connectivity index (χ0n) is 9.93. The highest BCUT2D eigenvalue weighted by Crippen LogP contribution is 2.21. The summed E-state index contributed by atoms with van der Waals surface area (Å²) in [6, 6.07) is 7.61. The third kappa shape index (κ3) is 3.15. The van der Waals surface area contributed by atoms with Crippen molar-refractivity contribution in [2.45, 2.75) is 0 Å². The topological polar surface area (TPSA) is 79.3 Å². The van der Waals surface area contributed by atoms with Crippen LogP contribution in [-0.2, 0) is 0 Å². The van der Waals surface area contributed by atoms with Gasteiger partial charge in [-0.3, -0.25) is 4.79 Å². The van der Waals surface area contributed by atoms with Gasteiger partial charge < -0.3 is 10.4 Å². The van der Waals surface area contributed by atoms with Crippen LogP contribution in [0.4, 0.5) is 5.69 Å². The highest BCUT2D eigenvalue weighted by Gasteiger charge is 2.16. The van der Waals surface area contributed by atoms with E-state index in [-0.39, 0.29) is 22.0 Å². The SMILES string of the molecule is O=C(O)c1ccccc1NC(=O)c1cc(Br)cnc1Cl. The lowest BCUT2D eigenvalue weighted by atomic mass is 10.1. The van der Waals surface area contributed by atoms with E-state index in [1.54, 1.807) is 12.1 Å². The Morgan fingerprint density at radius 2 is 1.95 bits per heavy atom. The lowest BCUT2D eigenvalue weighted by Gasteiger charge is -2.09. The van der Waals surface area contributed by atoms with E-state index in [1.807, 2.05) is 0 Å². The second-order valence-corrected chi connectivity index (χ2v) is 5.07. The highest BCUT2D eigenvalue weighted by molar-refractivity contribution is 9.10. The number of aromatic nitrogens is 1. The number of carbonyl (C=O) groups is 2. The maximum absolute atomic E-state index is 12.1. The average Bonchev–Trinajstić information content (AvgIpc) is 2.41. The minimum atomic E-state index is -1.13. The van der Waals surface area contributed by atoms with Crippen LogP contribution in [0, 0.1) is 0 Å². The fourth-order valence-corrected chi connectivity index (χ4v) is 2.07. The van der Waals surface area contributed by atoms with Crippen molar-refractivity contribution in [2.24, 2.45) is 0 Å². The molecule has 0 aliphatic heterocycles. The van der Waals surface area contributed by atoms with Crippen LogP contribution in [0.15, 0.2) is 41.0 Å². The number of carbonyl (C=O) groups excluding carboxylic acids is 1. The molecule has 0 bridgehead atoms. The number of para-hydroxylation sites is 1. The fourth-order valence-electron chi connectivity index (χ4n) is 1.55. The number of carboxylic acids is 1. The van der Waals surface area contributed by atoms with Gasteiger partial charge in [-0.25, -0.2) is 9.78 Å². The predicted octanol–water partition coefficient (Wildman–Crippen LogP) is 3.45. The summed E-state index contributed by atoms with van der Waals surface area (Å²) in [6.45, 7) is 0. The molecule has 0 radical (unpaired) electrons. The summed E-state index contributed by atoms with van der Waals surface area (Å²) in [6.07, 6.45) is 1.46. The van der Waals surface area contributed by atoms with Crippen molar-refractivity contribution in [3.05, 3.63) is 57.3 Å². The molecule has 0 aliphatic rings. The van der Waals surface area contributed by atoms with Gasteiger partial charge in [0.25, 0.3) is 5.91 Å². The first kappa shape index (κ1) is 14.5. The lowest BCUT2D eigenvalue weighted by Crippen LogP contribution is -2.15. The Labute approximate surface area is 127 Å². The van der Waals surface area contributed by atoms with E-state index in [0.29, 0.717) is 4.47 Å². The number of hydrogen-bond donors (Lipinski definition) is 2. The summed E-state index contributed by atoms with van der Waals surface area (Å²) in [7, 11) is 0. The summed E-state index contributed by atoms with van der Waals surface area (Å²) >= 11 is 9.04. The van der Waals surface area contributed by atoms with Gasteiger partial charge in [0.2, 0.25) is 0 Å². The van der Waals surface area contributed by atoms with E-state index in [9.17, 15) is 9.59 Å². The number of rotatable bonds is 3. The molecular weight excluding hydrogens is 348 g/mol. The van der Waals surface area contributed by atoms with E-state index in [1.165, 1.54) is 24.4 Å². The second-order valence-electron chi connectivity index (χ2n) is 3.80. The Bertz CT molecular complexity index is 691. The lowest BCUT2D eigenvalue weighted by molar-refractivity contribution is 0.0698. The normalized spacial score (nSPS) is 10.1. The minimum absolute atomic E-state index is 0.0000663. The first-order chi connectivity index (χ1) is 9.49. The number of aromatic carboxylic acids is 1. The van der Waals surface area contributed by atoms with Gasteiger partial charge in [0.05, 0.1) is 16.8 Å². The van der Waals surface area contributed by atoms with Gasteiger partial charge in [-0.1, -0.05) is 23.7 Å². The zero-order valence-corrected chi connectivity index (χ0v) is 12.3. The number of anilines is 1. The Hall–Kier alpha value is -1.92. The number of nitrogens with zero attached hydrogens (tertiary/aromatic N) is 1. The quantitative estimate of drug-likeness (QED) is 0.827. The number of benzene rings is 1. The van der Waals surface area contributed by atoms with Gasteiger partial charge in [0, 0.05) is 10.7 Å². The number of pyridine rings is 1. The standard InChI is InChI=1S/C13H8BrClN2O3/c14-7-5-9(11(15)16-6-7)12(18)17-10-4-2-1-3-8(10)13(19)20/h1-6H,(H,17,18)(H,19,20). The monoisotopic (exact) mass is 354 g/mol. The number of nitrogens with one attached hydrogen (secondary N) is 1. The Morgan fingerprint density at radius 3 is 2.65 bits per heavy atom. The van der Waals surface area contributed by atoms with Gasteiger partial charge in [-0.05, 0) is 34.1 Å². The van der Waals surface area contributed by atoms with Crippen LogP contribution in [0.25, 0.3) is 0 Å². The van der Waals surface area contributed by atoms with Crippen molar-refractivity contribution in [3.63, 3.8) is 0 Å². The first-order valence-electron chi connectivity index (χ1n) is 5.44. The summed E-state index contributed by atoms with van der Waals surface area (Å²) in [5, 5.41) is 11.6. The molecule has 2 aromatic rings. The molecule has 0 atom stereocenters. The molecule has 1 aromatic carbocycles. The second kappa shape index (κ2) is 6.02. The van der Waals surface area contributed by atoms with Gasteiger partial charge >= 0.3 is 5.97 Å². The van der Waals surface area contributed by atoms with Crippen molar-refractivity contribution in [1.82, 2.24) is 4.98 Å². The molecule has 0 saturated heterocycles. The molecule has 1 heterocycles. The number of hydrogen-bond acceptors (Lipinski definition) is 3. The Morgan fingerprint density at radius 1 is 1.25 bits per heavy atom. The van der Waals surface area contributed by atoms with Crippen molar-refractivity contribution < 1.29 is 14.7 Å². The molecule has 102 valence electrons. The molecule has 1 amide bonds. The average molecular weight is 356 g/mol. The molecule has 5 nitrogen and oxygen atoms in total. The highest BCUT2D eigenvalue weighted by atomic mass is 79.9. The molecule has 0 spiro atoms. The van der Waals surface area contributed by atoms with E-state index < -0.39 is 11.9 Å². The smallest absolute Gasteiger partial charge is 0.337 e. The molecular formula is C13H8BrClN2O3. The molecule has 0 unspecified atom stereocenters. The fraction of sp³-hybridized carbons (Fsp3) is 0. The number of amides is 1. The molecule has 2 N–H and O–H groups in total. The van der Waals surface area contributed by atoms with Crippen molar-refractivity contribution >= 4 is 45.1 Å². The molecule has 1 aromatic heterocycles. The van der Waals surface area contributed by atoms with Crippen LogP contribution >= 0.6 is 27.5 Å². The van der Waals surface area contributed by atoms with Crippen LogP contribution in [0.1, 0.15) is 20.7 Å². The van der Waals surface area contributed by atoms with E-state index in [0.717, 1.165) is 0 Å². The van der Waals surface area contributed by atoms with Crippen molar-refractivity contribution in [2.75, 3.05) is 5.32 Å². The van der Waals surface area contributed by atoms with E-state index in [2.05, 4.69) is 26.2 Å². The van der Waals surface area contributed by atoms with Crippen LogP contribution < -0.4 is 5.32 Å². The summed E-state index contributed by atoms with van der Waals surface area (Å²) in [5.41, 5.74) is 0.349. The first-order valence-corrected chi connectivity index (χ1v) is 6.61. The van der Waals surface area contributed by atoms with E-state index in [4.69, 9.17) is 16.7 Å². The van der Waals surface area contributed by atoms with Gasteiger partial charge in [0.1, 0.15) is 5.15 Å². The van der Waals surface area contributed by atoms with Crippen LogP contribution in [0.2, 0.25) is 5.15 Å². The molecule has 0 saturated carbocycles. The zero-order chi connectivity index (χ0) is 14.7. The summed E-state index contributed by atoms with van der Waals surface area (Å²) < 4.78 is 0.596. The number of halogens is 2. The predicted molar refractivity (Wildman–Crippen MR) is 78.3 cm³/mol. The van der Waals surface area contributed by atoms with Gasteiger partial charge in [0.15, 0.2) is 0 Å². The third-order valence-electron chi connectivity index (χ3n) is 2.46. The largest absolute Gasteiger partial charge is 0.478 e. The molecule has 2 rings (SSSR count). The summed E-state index contributed by atoms with van der Waals surface area (Å²) in [5.74, 6) is -1.66. The van der Waals surface area contributed by atoms with Crippen LogP contribution in [-0.4, -0.2) is 22.0 Å². The Balaban J connectivity index is 2.33. The number of carboxylic acid groups (broad SMARTS) is 1. The van der Waals surface area contributed by atoms with Gasteiger partial charge in [-0.2, -0.15) is 0 Å². The summed E-state index contributed by atoms with van der Waals surface area (Å²) in [4.78, 5) is 27.0. The maximum Gasteiger partial charge on any atom is 0.337 e. The molecule has 0 aliphatic carbocycles. The molecule has 7 heteroatoms. The molecule has 20 heavy (non-hydrogen) atoms. The van der Waals surface area contributed by atoms with Gasteiger partial charge in [-0.15, -0.1) is 0 Å². The van der Waals surface area contributed by atoms with Crippen molar-refractivity contribution in [1.29, 1.82) is 0 Å². The van der Waals surface area contributed by atoms with E-state index >= 15 is 0 Å². The van der Waals surface area contributed by atoms with Crippen LogP contribution in [0.5, 0.6) is 0 Å².